The number of benzene rings is 1. The Kier molecular flexibility index (Phi) is 4.13. The molecule has 6 heteroatoms. The van der Waals surface area contributed by atoms with Crippen LogP contribution >= 0.6 is 11.3 Å². The highest BCUT2D eigenvalue weighted by Gasteiger charge is 2.29. The predicted octanol–water partition coefficient (Wildman–Crippen LogP) is 3.35. The van der Waals surface area contributed by atoms with Gasteiger partial charge in [0.05, 0.1) is 6.54 Å². The zero-order valence-electron chi connectivity index (χ0n) is 10.5. The Hall–Kier alpha value is -1.11. The highest BCUT2D eigenvalue weighted by Crippen LogP contribution is 2.32. The second-order valence-corrected chi connectivity index (χ2v) is 5.63. The van der Waals surface area contributed by atoms with Crippen molar-refractivity contribution in [3.05, 3.63) is 34.7 Å². The number of rotatable bonds is 4. The van der Waals surface area contributed by atoms with E-state index < -0.39 is 12.7 Å². The standard InChI is InChI=1S/C13H15F3N2S/c1-18(8-13(14,15)16)7-10-9-4-2-3-5-11(9)19-12(10)6-17/h2-5H,6-8,17H2,1H3. The molecule has 1 heterocycles. The molecule has 0 aliphatic heterocycles. The lowest BCUT2D eigenvalue weighted by atomic mass is 10.1. The first-order valence-electron chi connectivity index (χ1n) is 5.85. The summed E-state index contributed by atoms with van der Waals surface area (Å²) in [7, 11) is 1.47. The van der Waals surface area contributed by atoms with Gasteiger partial charge in [-0.1, -0.05) is 18.2 Å². The van der Waals surface area contributed by atoms with E-state index in [-0.39, 0.29) is 6.54 Å². The maximum Gasteiger partial charge on any atom is 0.401 e. The SMILES string of the molecule is CN(Cc1c(CN)sc2ccccc12)CC(F)(F)F. The Morgan fingerprint density at radius 2 is 1.95 bits per heavy atom. The quantitative estimate of drug-likeness (QED) is 0.935. The van der Waals surface area contributed by atoms with Crippen LogP contribution in [0, 0.1) is 0 Å². The Morgan fingerprint density at radius 1 is 1.26 bits per heavy atom. The van der Waals surface area contributed by atoms with E-state index in [1.54, 1.807) is 11.3 Å². The van der Waals surface area contributed by atoms with Crippen LogP contribution in [0.4, 0.5) is 13.2 Å². The van der Waals surface area contributed by atoms with Crippen molar-refractivity contribution in [3.8, 4) is 0 Å². The first-order valence-corrected chi connectivity index (χ1v) is 6.67. The minimum Gasteiger partial charge on any atom is -0.326 e. The fourth-order valence-corrected chi connectivity index (χ4v) is 3.21. The number of halogens is 3. The van der Waals surface area contributed by atoms with E-state index in [4.69, 9.17) is 5.73 Å². The number of thiophene rings is 1. The molecule has 2 aromatic rings. The van der Waals surface area contributed by atoms with Crippen LogP contribution in [-0.2, 0) is 13.1 Å². The molecule has 0 spiro atoms. The molecule has 0 unspecified atom stereocenters. The maximum absolute atomic E-state index is 12.4. The van der Waals surface area contributed by atoms with Gasteiger partial charge in [-0.3, -0.25) is 4.90 Å². The first kappa shape index (κ1) is 14.3. The van der Waals surface area contributed by atoms with Gasteiger partial charge in [-0.05, 0) is 24.1 Å². The number of nitrogens with two attached hydrogens (primary N) is 1. The van der Waals surface area contributed by atoms with Gasteiger partial charge in [-0.2, -0.15) is 13.2 Å². The molecule has 0 radical (unpaired) electrons. The molecule has 0 aliphatic carbocycles. The number of hydrogen-bond donors (Lipinski definition) is 1. The van der Waals surface area contributed by atoms with Gasteiger partial charge in [0.15, 0.2) is 0 Å². The van der Waals surface area contributed by atoms with E-state index in [1.807, 2.05) is 24.3 Å². The molecule has 1 aromatic heterocycles. The van der Waals surface area contributed by atoms with Crippen molar-refractivity contribution in [1.29, 1.82) is 0 Å². The lowest BCUT2D eigenvalue weighted by molar-refractivity contribution is -0.144. The van der Waals surface area contributed by atoms with Crippen LogP contribution < -0.4 is 5.73 Å². The molecule has 0 atom stereocenters. The highest BCUT2D eigenvalue weighted by molar-refractivity contribution is 7.19. The Bertz CT molecular complexity index is 563. The zero-order chi connectivity index (χ0) is 14.0. The molecule has 19 heavy (non-hydrogen) atoms. The van der Waals surface area contributed by atoms with Crippen molar-refractivity contribution in [2.24, 2.45) is 5.73 Å². The van der Waals surface area contributed by atoms with Crippen molar-refractivity contribution in [3.63, 3.8) is 0 Å². The summed E-state index contributed by atoms with van der Waals surface area (Å²) < 4.78 is 38.2. The van der Waals surface area contributed by atoms with Crippen LogP contribution in [0.3, 0.4) is 0 Å². The molecule has 0 saturated carbocycles. The summed E-state index contributed by atoms with van der Waals surface area (Å²) in [4.78, 5) is 2.23. The third-order valence-electron chi connectivity index (χ3n) is 2.84. The minimum absolute atomic E-state index is 0.260. The molecule has 2 nitrogen and oxygen atoms in total. The molecule has 0 fully saturated rings. The molecule has 0 bridgehead atoms. The molecule has 2 N–H and O–H groups in total. The number of nitrogens with zero attached hydrogens (tertiary/aromatic N) is 1. The summed E-state index contributed by atoms with van der Waals surface area (Å²) in [6.07, 6.45) is -4.18. The second-order valence-electron chi connectivity index (χ2n) is 4.49. The average Bonchev–Trinajstić information content (AvgIpc) is 2.65. The third kappa shape index (κ3) is 3.46. The third-order valence-corrected chi connectivity index (χ3v) is 4.08. The summed E-state index contributed by atoms with van der Waals surface area (Å²) in [5.41, 5.74) is 6.60. The normalized spacial score (nSPS) is 12.5. The summed E-state index contributed by atoms with van der Waals surface area (Å²) >= 11 is 1.55. The van der Waals surface area contributed by atoms with Crippen LogP contribution in [-0.4, -0.2) is 24.7 Å². The predicted molar refractivity (Wildman–Crippen MR) is 72.1 cm³/mol. The largest absolute Gasteiger partial charge is 0.401 e. The Morgan fingerprint density at radius 3 is 2.58 bits per heavy atom. The van der Waals surface area contributed by atoms with Crippen molar-refractivity contribution in [1.82, 2.24) is 4.90 Å². The van der Waals surface area contributed by atoms with Crippen molar-refractivity contribution in [2.45, 2.75) is 19.3 Å². The molecule has 104 valence electrons. The Balaban J connectivity index is 2.28. The van der Waals surface area contributed by atoms with E-state index in [1.165, 1.54) is 11.9 Å². The summed E-state index contributed by atoms with van der Waals surface area (Å²) in [6.45, 7) is -0.300. The van der Waals surface area contributed by atoms with Crippen LogP contribution in [0.1, 0.15) is 10.4 Å². The first-order chi connectivity index (χ1) is 8.90. The zero-order valence-corrected chi connectivity index (χ0v) is 11.3. The van der Waals surface area contributed by atoms with E-state index in [9.17, 15) is 13.2 Å². The fourth-order valence-electron chi connectivity index (χ4n) is 2.12. The van der Waals surface area contributed by atoms with Gasteiger partial charge >= 0.3 is 6.18 Å². The van der Waals surface area contributed by atoms with Crippen LogP contribution in [0.2, 0.25) is 0 Å². The topological polar surface area (TPSA) is 29.3 Å². The van der Waals surface area contributed by atoms with Gasteiger partial charge in [0.1, 0.15) is 0 Å². The molecule has 0 aliphatic rings. The van der Waals surface area contributed by atoms with Crippen molar-refractivity contribution < 1.29 is 13.2 Å². The number of fused-ring (bicyclic) bond motifs is 1. The highest BCUT2D eigenvalue weighted by atomic mass is 32.1. The van der Waals surface area contributed by atoms with Gasteiger partial charge in [-0.15, -0.1) is 11.3 Å². The summed E-state index contributed by atoms with van der Waals surface area (Å²) in [6, 6.07) is 7.71. The lowest BCUT2D eigenvalue weighted by Crippen LogP contribution is -2.30. The maximum atomic E-state index is 12.4. The van der Waals surface area contributed by atoms with Gasteiger partial charge in [0.25, 0.3) is 0 Å². The molecule has 0 saturated heterocycles. The van der Waals surface area contributed by atoms with E-state index in [0.29, 0.717) is 6.54 Å². The summed E-state index contributed by atoms with van der Waals surface area (Å²) in [5, 5.41) is 1.00. The van der Waals surface area contributed by atoms with E-state index in [2.05, 4.69) is 0 Å². The van der Waals surface area contributed by atoms with Gasteiger partial charge in [0.2, 0.25) is 0 Å². The average molecular weight is 288 g/mol. The monoisotopic (exact) mass is 288 g/mol. The molecular weight excluding hydrogens is 273 g/mol. The van der Waals surface area contributed by atoms with Gasteiger partial charge in [0, 0.05) is 22.7 Å². The minimum atomic E-state index is -4.18. The Labute approximate surface area is 113 Å². The lowest BCUT2D eigenvalue weighted by Gasteiger charge is -2.19. The van der Waals surface area contributed by atoms with Crippen LogP contribution in [0.5, 0.6) is 0 Å². The molecule has 2 rings (SSSR count). The number of alkyl halides is 3. The molecular formula is C13H15F3N2S. The van der Waals surface area contributed by atoms with Gasteiger partial charge < -0.3 is 5.73 Å². The smallest absolute Gasteiger partial charge is 0.326 e. The van der Waals surface area contributed by atoms with Crippen LogP contribution in [0.25, 0.3) is 10.1 Å². The van der Waals surface area contributed by atoms with E-state index in [0.717, 1.165) is 20.5 Å². The van der Waals surface area contributed by atoms with Crippen molar-refractivity contribution >= 4 is 21.4 Å². The summed E-state index contributed by atoms with van der Waals surface area (Å²) in [5.74, 6) is 0. The van der Waals surface area contributed by atoms with Crippen LogP contribution in [0.15, 0.2) is 24.3 Å². The number of hydrogen-bond acceptors (Lipinski definition) is 3. The second kappa shape index (κ2) is 5.48. The van der Waals surface area contributed by atoms with Crippen molar-refractivity contribution in [2.75, 3.05) is 13.6 Å². The van der Waals surface area contributed by atoms with Gasteiger partial charge in [-0.25, -0.2) is 0 Å². The fraction of sp³-hybridized carbons (Fsp3) is 0.385. The molecule has 1 aromatic carbocycles. The van der Waals surface area contributed by atoms with E-state index >= 15 is 0 Å². The molecule has 0 amide bonds.